The van der Waals surface area contributed by atoms with Crippen LogP contribution in [0.4, 0.5) is 0 Å². The molecule has 1 aromatic rings. The van der Waals surface area contributed by atoms with Gasteiger partial charge in [-0.2, -0.15) is 0 Å². The van der Waals surface area contributed by atoms with Crippen molar-refractivity contribution in [2.75, 3.05) is 19.8 Å². The number of hydrogen-bond acceptors (Lipinski definition) is 2. The summed E-state index contributed by atoms with van der Waals surface area (Å²) in [6.45, 7) is 7.02. The molecule has 1 saturated heterocycles. The molecule has 0 amide bonds. The lowest BCUT2D eigenvalue weighted by Crippen LogP contribution is -2.55. The van der Waals surface area contributed by atoms with Crippen LogP contribution >= 0.6 is 0 Å². The van der Waals surface area contributed by atoms with Crippen LogP contribution in [-0.2, 0) is 10.2 Å². The van der Waals surface area contributed by atoms with Crippen LogP contribution < -0.4 is 5.73 Å². The summed E-state index contributed by atoms with van der Waals surface area (Å²) in [5.41, 5.74) is 11.1. The van der Waals surface area contributed by atoms with Crippen LogP contribution in [0.15, 0.2) is 18.2 Å². The Hall–Kier alpha value is -0.860. The Morgan fingerprint density at radius 2 is 1.63 bits per heavy atom. The summed E-state index contributed by atoms with van der Waals surface area (Å²) in [6.07, 6.45) is 4.95. The highest BCUT2D eigenvalue weighted by atomic mass is 16.5. The molecule has 2 aliphatic rings. The van der Waals surface area contributed by atoms with Gasteiger partial charge in [-0.1, -0.05) is 29.3 Å². The van der Waals surface area contributed by atoms with Crippen LogP contribution in [0.3, 0.4) is 0 Å². The Labute approximate surface area is 116 Å². The Balaban J connectivity index is 1.85. The Morgan fingerprint density at radius 3 is 2.16 bits per heavy atom. The van der Waals surface area contributed by atoms with Crippen LogP contribution in [0.25, 0.3) is 0 Å². The number of hydrogen-bond donors (Lipinski definition) is 1. The summed E-state index contributed by atoms with van der Waals surface area (Å²) >= 11 is 0. The molecule has 1 aromatic carbocycles. The summed E-state index contributed by atoms with van der Waals surface area (Å²) in [4.78, 5) is 0. The zero-order valence-corrected chi connectivity index (χ0v) is 12.2. The van der Waals surface area contributed by atoms with Crippen molar-refractivity contribution in [2.45, 2.75) is 44.9 Å². The predicted octanol–water partition coefficient (Wildman–Crippen LogP) is 3.09. The number of benzene rings is 1. The van der Waals surface area contributed by atoms with Crippen molar-refractivity contribution in [3.63, 3.8) is 0 Å². The monoisotopic (exact) mass is 259 g/mol. The molecule has 2 nitrogen and oxygen atoms in total. The third-order valence-electron chi connectivity index (χ3n) is 5.21. The third-order valence-corrected chi connectivity index (χ3v) is 5.21. The van der Waals surface area contributed by atoms with Gasteiger partial charge in [0.15, 0.2) is 0 Å². The molecule has 0 bridgehead atoms. The maximum Gasteiger partial charge on any atom is 0.0471 e. The van der Waals surface area contributed by atoms with E-state index in [0.29, 0.717) is 5.41 Å². The molecular formula is C17H25NO. The Morgan fingerprint density at radius 1 is 1.05 bits per heavy atom. The molecule has 3 rings (SSSR count). The van der Waals surface area contributed by atoms with Gasteiger partial charge in [-0.15, -0.1) is 0 Å². The molecule has 1 aliphatic carbocycles. The number of ether oxygens (including phenoxy) is 1. The van der Waals surface area contributed by atoms with E-state index >= 15 is 0 Å². The second-order valence-electron chi connectivity index (χ2n) is 6.83. The van der Waals surface area contributed by atoms with Gasteiger partial charge in [0, 0.05) is 25.2 Å². The smallest absolute Gasteiger partial charge is 0.0471 e. The third kappa shape index (κ3) is 2.21. The summed E-state index contributed by atoms with van der Waals surface area (Å²) < 4.78 is 5.52. The minimum absolute atomic E-state index is 0.230. The van der Waals surface area contributed by atoms with Crippen LogP contribution in [0, 0.1) is 19.3 Å². The van der Waals surface area contributed by atoms with E-state index in [0.717, 1.165) is 19.8 Å². The van der Waals surface area contributed by atoms with Crippen LogP contribution in [0.2, 0.25) is 0 Å². The first-order valence-electron chi connectivity index (χ1n) is 7.44. The fourth-order valence-corrected chi connectivity index (χ4v) is 4.29. The number of rotatable bonds is 2. The zero-order valence-electron chi connectivity index (χ0n) is 12.2. The zero-order chi connectivity index (χ0) is 13.5. The van der Waals surface area contributed by atoms with Gasteiger partial charge in [0.25, 0.3) is 0 Å². The molecule has 0 aromatic heterocycles. The lowest BCUT2D eigenvalue weighted by atomic mass is 9.48. The van der Waals surface area contributed by atoms with Crippen LogP contribution in [0.1, 0.15) is 42.4 Å². The average molecular weight is 259 g/mol. The standard InChI is InChI=1S/C17H25NO/c1-13-7-14(2)9-15(8-13)17(12-18)10-16(11-17)3-5-19-6-4-16/h7-9H,3-6,10-12,18H2,1-2H3. The molecule has 0 unspecified atom stereocenters. The maximum atomic E-state index is 6.16. The first-order chi connectivity index (χ1) is 9.07. The van der Waals surface area contributed by atoms with E-state index in [1.807, 2.05) is 0 Å². The van der Waals surface area contributed by atoms with E-state index in [4.69, 9.17) is 10.5 Å². The molecular weight excluding hydrogens is 234 g/mol. The quantitative estimate of drug-likeness (QED) is 0.886. The van der Waals surface area contributed by atoms with Crippen molar-refractivity contribution in [3.05, 3.63) is 34.9 Å². The predicted molar refractivity (Wildman–Crippen MR) is 78.4 cm³/mol. The summed E-state index contributed by atoms with van der Waals surface area (Å²) in [7, 11) is 0. The van der Waals surface area contributed by atoms with Gasteiger partial charge in [0.1, 0.15) is 0 Å². The van der Waals surface area contributed by atoms with Crippen molar-refractivity contribution in [1.82, 2.24) is 0 Å². The van der Waals surface area contributed by atoms with Gasteiger partial charge < -0.3 is 10.5 Å². The molecule has 1 saturated carbocycles. The van der Waals surface area contributed by atoms with Crippen molar-refractivity contribution in [2.24, 2.45) is 11.1 Å². The average Bonchev–Trinajstić information content (AvgIpc) is 2.35. The van der Waals surface area contributed by atoms with Gasteiger partial charge >= 0.3 is 0 Å². The normalized spacial score (nSPS) is 24.2. The van der Waals surface area contributed by atoms with Crippen molar-refractivity contribution < 1.29 is 4.74 Å². The maximum absolute atomic E-state index is 6.16. The topological polar surface area (TPSA) is 35.2 Å². The Bertz CT molecular complexity index is 446. The lowest BCUT2D eigenvalue weighted by Gasteiger charge is -2.58. The molecule has 1 aliphatic heterocycles. The highest BCUT2D eigenvalue weighted by Crippen LogP contribution is 2.59. The molecule has 1 spiro atoms. The second kappa shape index (κ2) is 4.60. The van der Waals surface area contributed by atoms with Crippen molar-refractivity contribution in [3.8, 4) is 0 Å². The van der Waals surface area contributed by atoms with Gasteiger partial charge in [-0.3, -0.25) is 0 Å². The second-order valence-corrected chi connectivity index (χ2v) is 6.83. The largest absolute Gasteiger partial charge is 0.381 e. The van der Waals surface area contributed by atoms with Gasteiger partial charge in [0.2, 0.25) is 0 Å². The molecule has 2 fully saturated rings. The lowest BCUT2D eigenvalue weighted by molar-refractivity contribution is -0.0714. The summed E-state index contributed by atoms with van der Waals surface area (Å²) in [5.74, 6) is 0. The van der Waals surface area contributed by atoms with Gasteiger partial charge in [-0.25, -0.2) is 0 Å². The molecule has 0 radical (unpaired) electrons. The van der Waals surface area contributed by atoms with E-state index in [9.17, 15) is 0 Å². The fraction of sp³-hybridized carbons (Fsp3) is 0.647. The molecule has 2 heteroatoms. The molecule has 19 heavy (non-hydrogen) atoms. The van der Waals surface area contributed by atoms with Crippen LogP contribution in [0.5, 0.6) is 0 Å². The van der Waals surface area contributed by atoms with Crippen LogP contribution in [-0.4, -0.2) is 19.8 Å². The Kier molecular flexibility index (Phi) is 3.18. The summed E-state index contributed by atoms with van der Waals surface area (Å²) in [6, 6.07) is 6.93. The summed E-state index contributed by atoms with van der Waals surface area (Å²) in [5, 5.41) is 0. The highest BCUT2D eigenvalue weighted by molar-refractivity contribution is 5.37. The molecule has 0 atom stereocenters. The SMILES string of the molecule is Cc1cc(C)cc(C2(CN)CC3(CCOCC3)C2)c1. The fourth-order valence-electron chi connectivity index (χ4n) is 4.29. The van der Waals surface area contributed by atoms with E-state index in [-0.39, 0.29) is 5.41 Å². The molecule has 2 N–H and O–H groups in total. The molecule has 1 heterocycles. The molecule has 104 valence electrons. The van der Waals surface area contributed by atoms with Crippen molar-refractivity contribution >= 4 is 0 Å². The van der Waals surface area contributed by atoms with E-state index in [2.05, 4.69) is 32.0 Å². The van der Waals surface area contributed by atoms with E-state index in [1.54, 1.807) is 0 Å². The minimum atomic E-state index is 0.230. The van der Waals surface area contributed by atoms with Gasteiger partial charge in [0.05, 0.1) is 0 Å². The van der Waals surface area contributed by atoms with Gasteiger partial charge in [-0.05, 0) is 50.5 Å². The first kappa shape index (κ1) is 13.1. The minimum Gasteiger partial charge on any atom is -0.381 e. The van der Waals surface area contributed by atoms with E-state index in [1.165, 1.54) is 42.4 Å². The first-order valence-corrected chi connectivity index (χ1v) is 7.44. The van der Waals surface area contributed by atoms with E-state index < -0.39 is 0 Å². The van der Waals surface area contributed by atoms with Crippen molar-refractivity contribution in [1.29, 1.82) is 0 Å². The number of nitrogens with two attached hydrogens (primary N) is 1. The number of aryl methyl sites for hydroxylation is 2. The highest BCUT2D eigenvalue weighted by Gasteiger charge is 2.54.